The summed E-state index contributed by atoms with van der Waals surface area (Å²) >= 11 is 6.11. The molecule has 2 nitrogen and oxygen atoms in total. The molecule has 0 amide bonds. The molecule has 0 N–H and O–H groups in total. The first-order valence-corrected chi connectivity index (χ1v) is 6.10. The summed E-state index contributed by atoms with van der Waals surface area (Å²) in [4.78, 5) is 2.11. The first kappa shape index (κ1) is 14.1. The van der Waals surface area contributed by atoms with E-state index in [0.29, 0.717) is 11.6 Å². The highest BCUT2D eigenvalue weighted by Crippen LogP contribution is 2.25. The van der Waals surface area contributed by atoms with Crippen molar-refractivity contribution in [1.29, 1.82) is 0 Å². The van der Waals surface area contributed by atoms with E-state index in [9.17, 15) is 0 Å². The van der Waals surface area contributed by atoms with E-state index in [2.05, 4.69) is 11.0 Å². The summed E-state index contributed by atoms with van der Waals surface area (Å²) < 4.78 is 5.74. The number of ether oxygens (including phenoxy) is 1. The average molecular weight is 254 g/mol. The number of rotatable bonds is 5. The molecule has 0 spiro atoms. The van der Waals surface area contributed by atoms with Gasteiger partial charge in [0.05, 0.1) is 11.1 Å². The zero-order chi connectivity index (χ0) is 12.8. The zero-order valence-corrected chi connectivity index (χ0v) is 11.7. The molecule has 0 radical (unpaired) electrons. The first-order valence-electron chi connectivity index (χ1n) is 5.72. The highest BCUT2D eigenvalue weighted by Gasteiger charge is 2.09. The van der Waals surface area contributed by atoms with E-state index in [0.717, 1.165) is 11.3 Å². The van der Waals surface area contributed by atoms with Crippen LogP contribution in [-0.4, -0.2) is 31.6 Å². The molecular formula is C14H20ClNO. The molecule has 0 bridgehead atoms. The van der Waals surface area contributed by atoms with E-state index in [1.807, 2.05) is 52.2 Å². The lowest BCUT2D eigenvalue weighted by Crippen LogP contribution is -2.31. The van der Waals surface area contributed by atoms with Crippen molar-refractivity contribution in [2.75, 3.05) is 20.7 Å². The van der Waals surface area contributed by atoms with Gasteiger partial charge in [-0.05, 0) is 45.6 Å². The second-order valence-corrected chi connectivity index (χ2v) is 4.71. The Labute approximate surface area is 109 Å². The maximum absolute atomic E-state index is 6.11. The lowest BCUT2D eigenvalue weighted by molar-refractivity contribution is 0.217. The predicted molar refractivity (Wildman–Crippen MR) is 74.0 cm³/mol. The number of halogens is 1. The molecule has 0 aliphatic rings. The monoisotopic (exact) mass is 253 g/mol. The number of allylic oxidation sites excluding steroid dienone is 1. The van der Waals surface area contributed by atoms with Crippen LogP contribution in [0.25, 0.3) is 0 Å². The fraction of sp³-hybridized carbons (Fsp3) is 0.429. The van der Waals surface area contributed by atoms with Gasteiger partial charge in [-0.15, -0.1) is 0 Å². The summed E-state index contributed by atoms with van der Waals surface area (Å²) in [7, 11) is 4.07. The molecule has 1 atom stereocenters. The van der Waals surface area contributed by atoms with E-state index in [-0.39, 0.29) is 6.04 Å². The molecule has 0 fully saturated rings. The lowest BCUT2D eigenvalue weighted by Gasteiger charge is -2.21. The molecule has 0 heterocycles. The molecule has 1 aromatic rings. The van der Waals surface area contributed by atoms with Gasteiger partial charge in [-0.2, -0.15) is 0 Å². The number of benzene rings is 1. The minimum atomic E-state index is 0.261. The Morgan fingerprint density at radius 2 is 2.12 bits per heavy atom. The molecule has 0 aliphatic carbocycles. The number of hydrogen-bond acceptors (Lipinski definition) is 2. The summed E-state index contributed by atoms with van der Waals surface area (Å²) in [5.41, 5.74) is 1.14. The van der Waals surface area contributed by atoms with Crippen molar-refractivity contribution in [3.63, 3.8) is 0 Å². The smallest absolute Gasteiger partial charge is 0.138 e. The Kier molecular flexibility index (Phi) is 5.52. The minimum Gasteiger partial charge on any atom is -0.490 e. The molecule has 0 saturated heterocycles. The molecule has 0 aromatic heterocycles. The second-order valence-electron chi connectivity index (χ2n) is 4.30. The van der Waals surface area contributed by atoms with E-state index in [1.54, 1.807) is 0 Å². The Bertz CT molecular complexity index is 388. The van der Waals surface area contributed by atoms with Crippen molar-refractivity contribution in [2.24, 2.45) is 0 Å². The quantitative estimate of drug-likeness (QED) is 0.745. The highest BCUT2D eigenvalue weighted by molar-refractivity contribution is 6.32. The van der Waals surface area contributed by atoms with Gasteiger partial charge in [-0.1, -0.05) is 29.8 Å². The van der Waals surface area contributed by atoms with Gasteiger partial charge >= 0.3 is 0 Å². The SMILES string of the molecule is C/C=C\C(COc1ccc(C)cc1Cl)N(C)C. The first-order chi connectivity index (χ1) is 8.04. The third-order valence-corrected chi connectivity index (χ3v) is 2.87. The van der Waals surface area contributed by atoms with Crippen LogP contribution in [-0.2, 0) is 0 Å². The second kappa shape index (κ2) is 6.67. The van der Waals surface area contributed by atoms with Crippen LogP contribution in [0, 0.1) is 6.92 Å². The fourth-order valence-electron chi connectivity index (χ4n) is 1.50. The zero-order valence-electron chi connectivity index (χ0n) is 10.9. The largest absolute Gasteiger partial charge is 0.490 e. The van der Waals surface area contributed by atoms with Gasteiger partial charge in [0, 0.05) is 0 Å². The lowest BCUT2D eigenvalue weighted by atomic mass is 10.2. The van der Waals surface area contributed by atoms with Gasteiger partial charge in [-0.3, -0.25) is 4.90 Å². The van der Waals surface area contributed by atoms with Gasteiger partial charge in [-0.25, -0.2) is 0 Å². The van der Waals surface area contributed by atoms with E-state index in [4.69, 9.17) is 16.3 Å². The van der Waals surface area contributed by atoms with Gasteiger partial charge in [0.15, 0.2) is 0 Å². The number of aryl methyl sites for hydroxylation is 1. The average Bonchev–Trinajstić information content (AvgIpc) is 2.25. The summed E-state index contributed by atoms with van der Waals surface area (Å²) in [6.07, 6.45) is 4.15. The molecule has 1 aromatic carbocycles. The number of likely N-dealkylation sites (N-methyl/N-ethyl adjacent to an activating group) is 1. The van der Waals surface area contributed by atoms with Crippen LogP contribution in [0.5, 0.6) is 5.75 Å². The summed E-state index contributed by atoms with van der Waals surface area (Å²) in [5, 5.41) is 0.669. The van der Waals surface area contributed by atoms with E-state index >= 15 is 0 Å². The van der Waals surface area contributed by atoms with Gasteiger partial charge in [0.1, 0.15) is 12.4 Å². The molecule has 0 aliphatic heterocycles. The predicted octanol–water partition coefficient (Wildman–Crippen LogP) is 3.53. The van der Waals surface area contributed by atoms with Crippen molar-refractivity contribution < 1.29 is 4.74 Å². The van der Waals surface area contributed by atoms with Crippen LogP contribution < -0.4 is 4.74 Å². The van der Waals surface area contributed by atoms with Crippen LogP contribution in [0.2, 0.25) is 5.02 Å². The van der Waals surface area contributed by atoms with Crippen molar-refractivity contribution in [1.82, 2.24) is 4.90 Å². The van der Waals surface area contributed by atoms with Gasteiger partial charge in [0.25, 0.3) is 0 Å². The molecule has 94 valence electrons. The van der Waals surface area contributed by atoms with Crippen LogP contribution >= 0.6 is 11.6 Å². The van der Waals surface area contributed by atoms with Gasteiger partial charge in [0.2, 0.25) is 0 Å². The Morgan fingerprint density at radius 1 is 1.41 bits per heavy atom. The summed E-state index contributed by atoms with van der Waals surface area (Å²) in [6.45, 7) is 4.62. The van der Waals surface area contributed by atoms with Crippen molar-refractivity contribution in [2.45, 2.75) is 19.9 Å². The summed E-state index contributed by atoms with van der Waals surface area (Å²) in [6, 6.07) is 6.09. The third kappa shape index (κ3) is 4.41. The molecule has 1 rings (SSSR count). The van der Waals surface area contributed by atoms with Crippen molar-refractivity contribution in [3.05, 3.63) is 40.9 Å². The van der Waals surface area contributed by atoms with Crippen LogP contribution in [0.4, 0.5) is 0 Å². The molecule has 0 saturated carbocycles. The molecular weight excluding hydrogens is 234 g/mol. The minimum absolute atomic E-state index is 0.261. The van der Waals surface area contributed by atoms with Crippen molar-refractivity contribution in [3.8, 4) is 5.75 Å². The Morgan fingerprint density at radius 3 is 2.65 bits per heavy atom. The topological polar surface area (TPSA) is 12.5 Å². The van der Waals surface area contributed by atoms with E-state index < -0.39 is 0 Å². The maximum atomic E-state index is 6.11. The number of nitrogens with zero attached hydrogens (tertiary/aromatic N) is 1. The summed E-state index contributed by atoms with van der Waals surface area (Å²) in [5.74, 6) is 0.744. The molecule has 3 heteroatoms. The Hall–Kier alpha value is -0.990. The van der Waals surface area contributed by atoms with Crippen LogP contribution in [0.15, 0.2) is 30.4 Å². The van der Waals surface area contributed by atoms with Crippen LogP contribution in [0.3, 0.4) is 0 Å². The fourth-order valence-corrected chi connectivity index (χ4v) is 1.79. The molecule has 17 heavy (non-hydrogen) atoms. The number of hydrogen-bond donors (Lipinski definition) is 0. The van der Waals surface area contributed by atoms with Crippen molar-refractivity contribution >= 4 is 11.6 Å². The van der Waals surface area contributed by atoms with E-state index in [1.165, 1.54) is 0 Å². The Balaban J connectivity index is 2.65. The van der Waals surface area contributed by atoms with Crippen LogP contribution in [0.1, 0.15) is 12.5 Å². The third-order valence-electron chi connectivity index (χ3n) is 2.57. The standard InChI is InChI=1S/C14H20ClNO/c1-5-6-12(16(3)4)10-17-14-8-7-11(2)9-13(14)15/h5-9,12H,10H2,1-4H3/b6-5-. The van der Waals surface area contributed by atoms with Gasteiger partial charge < -0.3 is 4.74 Å². The highest BCUT2D eigenvalue weighted by atomic mass is 35.5. The molecule has 1 unspecified atom stereocenters. The normalized spacial score (nSPS) is 13.3. The maximum Gasteiger partial charge on any atom is 0.138 e.